The van der Waals surface area contributed by atoms with Gasteiger partial charge in [-0.05, 0) is 29.2 Å². The maximum Gasteiger partial charge on any atom is 0.319 e. The standard InChI is InChI=1S/C18H21N5O/c1-18(2,3)13-8-4-5-9-14(13)20-17(24)19-12-16-22-21-15-10-6-7-11-23(15)16/h4-11H,12H2,1-3H3,(H2,19,20,24). The summed E-state index contributed by atoms with van der Waals surface area (Å²) in [5.41, 5.74) is 2.61. The molecule has 0 unspecified atom stereocenters. The number of rotatable bonds is 3. The van der Waals surface area contributed by atoms with Crippen LogP contribution in [0.4, 0.5) is 10.5 Å². The highest BCUT2D eigenvalue weighted by Crippen LogP contribution is 2.29. The van der Waals surface area contributed by atoms with Gasteiger partial charge in [-0.25, -0.2) is 4.79 Å². The van der Waals surface area contributed by atoms with Gasteiger partial charge in [-0.2, -0.15) is 0 Å². The summed E-state index contributed by atoms with van der Waals surface area (Å²) in [5.74, 6) is 0.685. The lowest BCUT2D eigenvalue weighted by Gasteiger charge is -2.23. The molecule has 2 amide bonds. The third-order valence-corrected chi connectivity index (χ3v) is 3.77. The Balaban J connectivity index is 1.69. The van der Waals surface area contributed by atoms with E-state index in [1.807, 2.05) is 53.1 Å². The van der Waals surface area contributed by atoms with Crippen LogP contribution in [0, 0.1) is 0 Å². The minimum atomic E-state index is -0.264. The van der Waals surface area contributed by atoms with Crippen molar-refractivity contribution in [3.05, 3.63) is 60.0 Å². The smallest absolute Gasteiger partial charge is 0.319 e. The summed E-state index contributed by atoms with van der Waals surface area (Å²) in [5, 5.41) is 13.9. The van der Waals surface area contributed by atoms with Crippen molar-refractivity contribution in [2.24, 2.45) is 0 Å². The lowest BCUT2D eigenvalue weighted by atomic mass is 9.86. The third-order valence-electron chi connectivity index (χ3n) is 3.77. The number of hydrogen-bond donors (Lipinski definition) is 2. The van der Waals surface area contributed by atoms with E-state index in [4.69, 9.17) is 0 Å². The number of benzene rings is 1. The van der Waals surface area contributed by atoms with Gasteiger partial charge in [-0.1, -0.05) is 45.0 Å². The number of para-hydroxylation sites is 1. The van der Waals surface area contributed by atoms with Crippen LogP contribution in [-0.4, -0.2) is 20.6 Å². The van der Waals surface area contributed by atoms with Crippen molar-refractivity contribution in [1.82, 2.24) is 19.9 Å². The minimum absolute atomic E-state index is 0.0485. The molecule has 0 bridgehead atoms. The molecule has 0 radical (unpaired) electrons. The zero-order chi connectivity index (χ0) is 17.2. The SMILES string of the molecule is CC(C)(C)c1ccccc1NC(=O)NCc1nnc2ccccn12. The molecular formula is C18H21N5O. The number of hydrogen-bond acceptors (Lipinski definition) is 3. The molecule has 124 valence electrons. The van der Waals surface area contributed by atoms with Gasteiger partial charge in [-0.15, -0.1) is 10.2 Å². The van der Waals surface area contributed by atoms with Crippen molar-refractivity contribution >= 4 is 17.4 Å². The number of nitrogens with one attached hydrogen (secondary N) is 2. The first kappa shape index (κ1) is 16.0. The molecule has 0 saturated carbocycles. The summed E-state index contributed by atoms with van der Waals surface area (Å²) in [6.07, 6.45) is 1.87. The molecule has 0 spiro atoms. The Morgan fingerprint density at radius 3 is 2.62 bits per heavy atom. The molecule has 6 nitrogen and oxygen atoms in total. The Hall–Kier alpha value is -2.89. The lowest BCUT2D eigenvalue weighted by molar-refractivity contribution is 0.251. The summed E-state index contributed by atoms with van der Waals surface area (Å²) in [6, 6.07) is 13.2. The van der Waals surface area contributed by atoms with Crippen molar-refractivity contribution in [3.8, 4) is 0 Å². The van der Waals surface area contributed by atoms with Crippen LogP contribution in [-0.2, 0) is 12.0 Å². The van der Waals surface area contributed by atoms with Crippen molar-refractivity contribution < 1.29 is 4.79 Å². The number of urea groups is 1. The van der Waals surface area contributed by atoms with Crippen LogP contribution in [0.2, 0.25) is 0 Å². The molecule has 0 aliphatic heterocycles. The van der Waals surface area contributed by atoms with Crippen LogP contribution in [0.3, 0.4) is 0 Å². The first-order valence-electron chi connectivity index (χ1n) is 7.88. The van der Waals surface area contributed by atoms with Gasteiger partial charge in [0.25, 0.3) is 0 Å². The summed E-state index contributed by atoms with van der Waals surface area (Å²) < 4.78 is 1.85. The fourth-order valence-corrected chi connectivity index (χ4v) is 2.58. The van der Waals surface area contributed by atoms with Crippen LogP contribution in [0.5, 0.6) is 0 Å². The maximum absolute atomic E-state index is 12.2. The quantitative estimate of drug-likeness (QED) is 0.776. The molecule has 3 aromatic rings. The molecule has 0 fully saturated rings. The van der Waals surface area contributed by atoms with Crippen molar-refractivity contribution in [1.29, 1.82) is 0 Å². The van der Waals surface area contributed by atoms with E-state index in [0.29, 0.717) is 12.4 Å². The van der Waals surface area contributed by atoms with Gasteiger partial charge in [0, 0.05) is 11.9 Å². The van der Waals surface area contributed by atoms with Crippen LogP contribution < -0.4 is 10.6 Å². The Labute approximate surface area is 140 Å². The van der Waals surface area contributed by atoms with Crippen LogP contribution in [0.25, 0.3) is 5.65 Å². The molecule has 0 atom stereocenters. The minimum Gasteiger partial charge on any atom is -0.331 e. The largest absolute Gasteiger partial charge is 0.331 e. The topological polar surface area (TPSA) is 71.3 Å². The van der Waals surface area contributed by atoms with E-state index < -0.39 is 0 Å². The van der Waals surface area contributed by atoms with Crippen molar-refractivity contribution in [2.75, 3.05) is 5.32 Å². The number of anilines is 1. The number of amides is 2. The summed E-state index contributed by atoms with van der Waals surface area (Å²) in [4.78, 5) is 12.2. The van der Waals surface area contributed by atoms with E-state index in [0.717, 1.165) is 16.9 Å². The molecule has 1 aromatic carbocycles. The first-order valence-corrected chi connectivity index (χ1v) is 7.88. The van der Waals surface area contributed by atoms with Gasteiger partial charge in [0.05, 0.1) is 6.54 Å². The fourth-order valence-electron chi connectivity index (χ4n) is 2.58. The highest BCUT2D eigenvalue weighted by atomic mass is 16.2. The molecular weight excluding hydrogens is 302 g/mol. The Kier molecular flexibility index (Phi) is 4.20. The number of pyridine rings is 1. The van der Waals surface area contributed by atoms with E-state index >= 15 is 0 Å². The summed E-state index contributed by atoms with van der Waals surface area (Å²) >= 11 is 0. The second-order valence-electron chi connectivity index (χ2n) is 6.65. The van der Waals surface area contributed by atoms with Gasteiger partial charge in [-0.3, -0.25) is 4.40 Å². The van der Waals surface area contributed by atoms with Gasteiger partial charge < -0.3 is 10.6 Å². The van der Waals surface area contributed by atoms with Crippen LogP contribution in [0.15, 0.2) is 48.7 Å². The number of fused-ring (bicyclic) bond motifs is 1. The normalized spacial score (nSPS) is 11.5. The Morgan fingerprint density at radius 2 is 1.83 bits per heavy atom. The van der Waals surface area contributed by atoms with Crippen molar-refractivity contribution in [3.63, 3.8) is 0 Å². The number of aromatic nitrogens is 3. The Morgan fingerprint density at radius 1 is 1.08 bits per heavy atom. The second kappa shape index (κ2) is 6.31. The molecule has 0 saturated heterocycles. The van der Waals surface area contributed by atoms with Gasteiger partial charge >= 0.3 is 6.03 Å². The number of carbonyl (C=O) groups is 1. The second-order valence-corrected chi connectivity index (χ2v) is 6.65. The molecule has 2 aromatic heterocycles. The molecule has 24 heavy (non-hydrogen) atoms. The highest BCUT2D eigenvalue weighted by molar-refractivity contribution is 5.90. The predicted molar refractivity (Wildman–Crippen MR) is 94.0 cm³/mol. The molecule has 3 rings (SSSR count). The molecule has 2 N–H and O–H groups in total. The van der Waals surface area contributed by atoms with E-state index in [2.05, 4.69) is 41.6 Å². The van der Waals surface area contributed by atoms with Crippen LogP contribution >= 0.6 is 0 Å². The predicted octanol–water partition coefficient (Wildman–Crippen LogP) is 3.35. The lowest BCUT2D eigenvalue weighted by Crippen LogP contribution is -2.30. The van der Waals surface area contributed by atoms with Crippen molar-refractivity contribution in [2.45, 2.75) is 32.7 Å². The zero-order valence-corrected chi connectivity index (χ0v) is 14.1. The third kappa shape index (κ3) is 3.37. The maximum atomic E-state index is 12.2. The van der Waals surface area contributed by atoms with E-state index in [1.165, 1.54) is 0 Å². The van der Waals surface area contributed by atoms with E-state index in [1.54, 1.807) is 0 Å². The first-order chi connectivity index (χ1) is 11.4. The number of carbonyl (C=O) groups excluding carboxylic acids is 1. The molecule has 0 aliphatic carbocycles. The summed E-state index contributed by atoms with van der Waals surface area (Å²) in [6.45, 7) is 6.66. The molecule has 0 aliphatic rings. The summed E-state index contributed by atoms with van der Waals surface area (Å²) in [7, 11) is 0. The van der Waals surface area contributed by atoms with Gasteiger partial charge in [0.2, 0.25) is 0 Å². The molecule has 6 heteroatoms. The highest BCUT2D eigenvalue weighted by Gasteiger charge is 2.18. The average Bonchev–Trinajstić information content (AvgIpc) is 2.96. The fraction of sp³-hybridized carbons (Fsp3) is 0.278. The number of nitrogens with zero attached hydrogens (tertiary/aromatic N) is 3. The van der Waals surface area contributed by atoms with E-state index in [-0.39, 0.29) is 11.4 Å². The molecule has 2 heterocycles. The van der Waals surface area contributed by atoms with Gasteiger partial charge in [0.15, 0.2) is 11.5 Å². The zero-order valence-electron chi connectivity index (χ0n) is 14.1. The van der Waals surface area contributed by atoms with Crippen LogP contribution in [0.1, 0.15) is 32.2 Å². The Bertz CT molecular complexity index is 863. The monoisotopic (exact) mass is 323 g/mol. The van der Waals surface area contributed by atoms with E-state index in [9.17, 15) is 4.79 Å². The van der Waals surface area contributed by atoms with Gasteiger partial charge in [0.1, 0.15) is 0 Å². The average molecular weight is 323 g/mol.